The summed E-state index contributed by atoms with van der Waals surface area (Å²) >= 11 is 0. The minimum absolute atomic E-state index is 0.0109. The molecule has 1 aromatic carbocycles. The highest BCUT2D eigenvalue weighted by Crippen LogP contribution is 2.44. The van der Waals surface area contributed by atoms with Gasteiger partial charge in [0.25, 0.3) is 0 Å². The summed E-state index contributed by atoms with van der Waals surface area (Å²) < 4.78 is 8.42. The Labute approximate surface area is 171 Å². The van der Waals surface area contributed by atoms with Crippen LogP contribution in [0.15, 0.2) is 36.7 Å². The number of para-hydroxylation sites is 1. The van der Waals surface area contributed by atoms with Gasteiger partial charge in [-0.25, -0.2) is 4.98 Å². The quantitative estimate of drug-likeness (QED) is 0.862. The smallest absolute Gasteiger partial charge is 0.222 e. The second-order valence-corrected chi connectivity index (χ2v) is 8.13. The Kier molecular flexibility index (Phi) is 5.30. The number of amides is 2. The Bertz CT molecular complexity index is 909. The summed E-state index contributed by atoms with van der Waals surface area (Å²) in [7, 11) is 1.84. The third kappa shape index (κ3) is 4.13. The largest absolute Gasteiger partial charge is 0.487 e. The molecule has 2 amide bonds. The third-order valence-corrected chi connectivity index (χ3v) is 6.16. The predicted molar refractivity (Wildman–Crippen MR) is 108 cm³/mol. The molecule has 0 aliphatic carbocycles. The molecule has 1 saturated heterocycles. The molecule has 0 radical (unpaired) electrons. The first-order valence-electron chi connectivity index (χ1n) is 10.2. The maximum Gasteiger partial charge on any atom is 0.222 e. The molecule has 2 aliphatic heterocycles. The molecule has 4 rings (SSSR count). The average Bonchev–Trinajstić information content (AvgIpc) is 3.08. The lowest BCUT2D eigenvalue weighted by Gasteiger charge is -2.42. The van der Waals surface area contributed by atoms with E-state index in [4.69, 9.17) is 4.74 Å². The fraction of sp³-hybridized carbons (Fsp3) is 0.500. The monoisotopic (exact) mass is 396 g/mol. The number of hydrogen-bond acceptors (Lipinski definition) is 4. The number of nitrogens with one attached hydrogen (secondary N) is 1. The molecular formula is C22H28N4O3. The van der Waals surface area contributed by atoms with Crippen LogP contribution in [0.5, 0.6) is 5.75 Å². The van der Waals surface area contributed by atoms with Crippen molar-refractivity contribution >= 4 is 11.8 Å². The van der Waals surface area contributed by atoms with E-state index in [2.05, 4.69) is 10.3 Å². The lowest BCUT2D eigenvalue weighted by atomic mass is 9.82. The number of likely N-dealkylation sites (tertiary alicyclic amines) is 1. The van der Waals surface area contributed by atoms with Crippen LogP contribution in [0.2, 0.25) is 0 Å². The van der Waals surface area contributed by atoms with Gasteiger partial charge in [-0.15, -0.1) is 0 Å². The van der Waals surface area contributed by atoms with E-state index in [1.807, 2.05) is 49.0 Å². The van der Waals surface area contributed by atoms with Gasteiger partial charge in [-0.3, -0.25) is 9.59 Å². The topological polar surface area (TPSA) is 76.5 Å². The van der Waals surface area contributed by atoms with Crippen molar-refractivity contribution in [3.8, 4) is 5.75 Å². The maximum atomic E-state index is 12.7. The van der Waals surface area contributed by atoms with Crippen LogP contribution in [0, 0.1) is 6.92 Å². The highest BCUT2D eigenvalue weighted by atomic mass is 16.5. The zero-order valence-electron chi connectivity index (χ0n) is 17.1. The summed E-state index contributed by atoms with van der Waals surface area (Å²) in [6.45, 7) is 3.20. The van der Waals surface area contributed by atoms with Gasteiger partial charge in [-0.2, -0.15) is 0 Å². The lowest BCUT2D eigenvalue weighted by molar-refractivity contribution is -0.129. The normalized spacial score (nSPS) is 24.0. The summed E-state index contributed by atoms with van der Waals surface area (Å²) in [5.41, 5.74) is 0.586. The van der Waals surface area contributed by atoms with Crippen LogP contribution in [0.3, 0.4) is 0 Å². The van der Waals surface area contributed by atoms with Crippen LogP contribution in [0.25, 0.3) is 0 Å². The van der Waals surface area contributed by atoms with E-state index in [0.29, 0.717) is 38.8 Å². The minimum atomic E-state index is -0.423. The summed E-state index contributed by atoms with van der Waals surface area (Å²) in [5.74, 6) is 1.88. The van der Waals surface area contributed by atoms with Gasteiger partial charge < -0.3 is 19.5 Å². The van der Waals surface area contributed by atoms with Crippen molar-refractivity contribution in [2.45, 2.75) is 57.2 Å². The van der Waals surface area contributed by atoms with Gasteiger partial charge >= 0.3 is 0 Å². The van der Waals surface area contributed by atoms with Crippen molar-refractivity contribution < 1.29 is 14.3 Å². The first-order chi connectivity index (χ1) is 14.0. The molecule has 0 bridgehead atoms. The van der Waals surface area contributed by atoms with Crippen molar-refractivity contribution in [3.05, 3.63) is 48.0 Å². The van der Waals surface area contributed by atoms with Crippen LogP contribution >= 0.6 is 0 Å². The molecule has 0 saturated carbocycles. The zero-order chi connectivity index (χ0) is 20.4. The molecule has 2 atom stereocenters. The van der Waals surface area contributed by atoms with Gasteiger partial charge in [0.2, 0.25) is 11.8 Å². The molecule has 7 heteroatoms. The molecule has 3 heterocycles. The van der Waals surface area contributed by atoms with Crippen LogP contribution in [-0.2, 0) is 16.1 Å². The standard InChI is InChI=1S/C22H28N4O3/c1-16-23-11-14-26(16)12-8-20(27)24-18-15-22(9-7-21(28)25(2)13-10-22)29-19-6-4-3-5-17(18)19/h3-6,11,14,18H,7-10,12-13,15H2,1-2H3,(H,24,27)/t18-,22-/m0/s1. The number of carbonyl (C=O) groups excluding carboxylic acids is 2. The van der Waals surface area contributed by atoms with E-state index >= 15 is 0 Å². The van der Waals surface area contributed by atoms with Gasteiger partial charge in [-0.1, -0.05) is 18.2 Å². The lowest BCUT2D eigenvalue weighted by Crippen LogP contribution is -2.46. The number of aryl methyl sites for hydroxylation is 2. The Balaban J connectivity index is 1.50. The van der Waals surface area contributed by atoms with Crippen molar-refractivity contribution in [3.63, 3.8) is 0 Å². The van der Waals surface area contributed by atoms with E-state index in [1.165, 1.54) is 0 Å². The Hall–Kier alpha value is -2.83. The maximum absolute atomic E-state index is 12.7. The van der Waals surface area contributed by atoms with E-state index in [1.54, 1.807) is 11.1 Å². The van der Waals surface area contributed by atoms with Crippen molar-refractivity contribution in [2.24, 2.45) is 0 Å². The third-order valence-electron chi connectivity index (χ3n) is 6.16. The first-order valence-corrected chi connectivity index (χ1v) is 10.2. The Morgan fingerprint density at radius 1 is 1.34 bits per heavy atom. The number of rotatable bonds is 4. The van der Waals surface area contributed by atoms with Crippen LogP contribution in [-0.4, -0.2) is 45.5 Å². The second-order valence-electron chi connectivity index (χ2n) is 8.13. The van der Waals surface area contributed by atoms with Gasteiger partial charge in [0, 0.05) is 63.8 Å². The zero-order valence-corrected chi connectivity index (χ0v) is 17.1. The van der Waals surface area contributed by atoms with Gasteiger partial charge in [-0.05, 0) is 19.4 Å². The molecule has 1 N–H and O–H groups in total. The molecule has 154 valence electrons. The number of carbonyl (C=O) groups is 2. The fourth-order valence-electron chi connectivity index (χ4n) is 4.33. The van der Waals surface area contributed by atoms with Gasteiger partial charge in [0.1, 0.15) is 17.2 Å². The van der Waals surface area contributed by atoms with Gasteiger partial charge in [0.05, 0.1) is 6.04 Å². The Morgan fingerprint density at radius 3 is 2.97 bits per heavy atom. The highest BCUT2D eigenvalue weighted by Gasteiger charge is 2.43. The van der Waals surface area contributed by atoms with Crippen molar-refractivity contribution in [1.82, 2.24) is 19.8 Å². The molecule has 2 aromatic rings. The number of nitrogens with zero attached hydrogens (tertiary/aromatic N) is 3. The summed E-state index contributed by atoms with van der Waals surface area (Å²) in [6, 6.07) is 7.78. The molecule has 1 fully saturated rings. The first kappa shape index (κ1) is 19.5. The van der Waals surface area contributed by atoms with Crippen molar-refractivity contribution in [2.75, 3.05) is 13.6 Å². The average molecular weight is 396 g/mol. The number of aromatic nitrogens is 2. The van der Waals surface area contributed by atoms with Crippen LogP contribution < -0.4 is 10.1 Å². The number of fused-ring (bicyclic) bond motifs is 1. The second kappa shape index (κ2) is 7.89. The number of hydrogen-bond donors (Lipinski definition) is 1. The van der Waals surface area contributed by atoms with E-state index < -0.39 is 5.60 Å². The molecule has 2 aliphatic rings. The highest BCUT2D eigenvalue weighted by molar-refractivity contribution is 5.77. The summed E-state index contributed by atoms with van der Waals surface area (Å²) in [5, 5.41) is 3.22. The SMILES string of the molecule is Cc1nccn1CCC(=O)N[C@H]1C[C@@]2(CCC(=O)N(C)CC2)Oc2ccccc21. The summed E-state index contributed by atoms with van der Waals surface area (Å²) in [4.78, 5) is 30.9. The van der Waals surface area contributed by atoms with Crippen LogP contribution in [0.1, 0.15) is 49.5 Å². The molecule has 0 unspecified atom stereocenters. The molecule has 7 nitrogen and oxygen atoms in total. The fourth-order valence-corrected chi connectivity index (χ4v) is 4.33. The molecular weight excluding hydrogens is 368 g/mol. The minimum Gasteiger partial charge on any atom is -0.487 e. The number of imidazole rings is 1. The number of benzene rings is 1. The predicted octanol–water partition coefficient (Wildman–Crippen LogP) is 2.60. The van der Waals surface area contributed by atoms with E-state index in [0.717, 1.165) is 23.6 Å². The Morgan fingerprint density at radius 2 is 2.17 bits per heavy atom. The number of ether oxygens (including phenoxy) is 1. The molecule has 1 spiro atoms. The van der Waals surface area contributed by atoms with E-state index in [-0.39, 0.29) is 17.9 Å². The molecule has 29 heavy (non-hydrogen) atoms. The summed E-state index contributed by atoms with van der Waals surface area (Å²) in [6.07, 6.45) is 6.62. The van der Waals surface area contributed by atoms with Gasteiger partial charge in [0.15, 0.2) is 0 Å². The van der Waals surface area contributed by atoms with E-state index in [9.17, 15) is 9.59 Å². The van der Waals surface area contributed by atoms with Crippen molar-refractivity contribution in [1.29, 1.82) is 0 Å². The van der Waals surface area contributed by atoms with Crippen LogP contribution in [0.4, 0.5) is 0 Å². The molecule has 1 aromatic heterocycles.